The summed E-state index contributed by atoms with van der Waals surface area (Å²) in [7, 11) is 0. The molecule has 21 heavy (non-hydrogen) atoms. The molecule has 0 aromatic heterocycles. The van der Waals surface area contributed by atoms with E-state index in [1.54, 1.807) is 0 Å². The van der Waals surface area contributed by atoms with E-state index in [0.717, 1.165) is 31.2 Å². The van der Waals surface area contributed by atoms with Gasteiger partial charge in [-0.2, -0.15) is 0 Å². The molecule has 118 valence electrons. The second kappa shape index (κ2) is 9.03. The van der Waals surface area contributed by atoms with Crippen LogP contribution in [0.5, 0.6) is 0 Å². The Kier molecular flexibility index (Phi) is 7.72. The fourth-order valence-electron chi connectivity index (χ4n) is 2.59. The summed E-state index contributed by atoms with van der Waals surface area (Å²) in [5, 5.41) is 3.02. The lowest BCUT2D eigenvalue weighted by atomic mass is 9.97. The van der Waals surface area contributed by atoms with Crippen molar-refractivity contribution in [2.75, 3.05) is 13.2 Å². The Bertz CT molecular complexity index is 454. The molecular weight excluding hydrogens is 288 g/mol. The molecule has 3 N–H and O–H groups in total. The monoisotopic (exact) mass is 312 g/mol. The van der Waals surface area contributed by atoms with E-state index >= 15 is 0 Å². The van der Waals surface area contributed by atoms with Gasteiger partial charge in [-0.1, -0.05) is 44.0 Å². The first-order chi connectivity index (χ1) is 9.76. The number of carbonyl (C=O) groups is 1. The summed E-state index contributed by atoms with van der Waals surface area (Å²) in [5.74, 6) is -0.0660. The molecule has 0 fully saturated rings. The van der Waals surface area contributed by atoms with Gasteiger partial charge in [-0.25, -0.2) is 0 Å². The van der Waals surface area contributed by atoms with Gasteiger partial charge in [-0.05, 0) is 24.0 Å². The normalized spacial score (nSPS) is 18.3. The molecule has 0 radical (unpaired) electrons. The molecule has 1 heterocycles. The molecule has 0 aliphatic carbocycles. The topological polar surface area (TPSA) is 64.3 Å². The number of ether oxygens (including phenoxy) is 1. The lowest BCUT2D eigenvalue weighted by Crippen LogP contribution is -2.43. The number of carbonyl (C=O) groups excluding carboxylic acids is 1. The number of hydrogen-bond acceptors (Lipinski definition) is 3. The highest BCUT2D eigenvalue weighted by molar-refractivity contribution is 5.85. The zero-order valence-corrected chi connectivity index (χ0v) is 13.3. The van der Waals surface area contributed by atoms with Crippen molar-refractivity contribution in [1.82, 2.24) is 5.32 Å². The van der Waals surface area contributed by atoms with Crippen LogP contribution < -0.4 is 11.1 Å². The molecular formula is C16H25ClN2O2. The molecule has 0 saturated carbocycles. The smallest absolute Gasteiger partial charge is 0.254 e. The van der Waals surface area contributed by atoms with Crippen molar-refractivity contribution in [1.29, 1.82) is 0 Å². The van der Waals surface area contributed by atoms with Crippen molar-refractivity contribution < 1.29 is 9.53 Å². The number of hydrogen-bond donors (Lipinski definition) is 2. The van der Waals surface area contributed by atoms with Gasteiger partial charge in [-0.15, -0.1) is 12.4 Å². The van der Waals surface area contributed by atoms with Crippen LogP contribution in [-0.4, -0.2) is 25.1 Å². The molecule has 4 nitrogen and oxygen atoms in total. The van der Waals surface area contributed by atoms with Gasteiger partial charge in [0.05, 0.1) is 6.61 Å². The van der Waals surface area contributed by atoms with Gasteiger partial charge < -0.3 is 15.8 Å². The predicted molar refractivity (Wildman–Crippen MR) is 86.6 cm³/mol. The zero-order valence-electron chi connectivity index (χ0n) is 12.5. The summed E-state index contributed by atoms with van der Waals surface area (Å²) in [6.07, 6.45) is 3.48. The molecule has 2 rings (SSSR count). The minimum absolute atomic E-state index is 0. The van der Waals surface area contributed by atoms with Crippen molar-refractivity contribution in [2.24, 2.45) is 5.73 Å². The number of nitrogens with one attached hydrogen (secondary N) is 1. The first-order valence-electron chi connectivity index (χ1n) is 7.46. The highest BCUT2D eigenvalue weighted by Crippen LogP contribution is 2.27. The quantitative estimate of drug-likeness (QED) is 0.847. The predicted octanol–water partition coefficient (Wildman–Crippen LogP) is 2.36. The molecule has 1 aliphatic heterocycles. The van der Waals surface area contributed by atoms with Crippen LogP contribution in [-0.2, 0) is 16.0 Å². The van der Waals surface area contributed by atoms with Gasteiger partial charge in [0.1, 0.15) is 0 Å². The zero-order chi connectivity index (χ0) is 14.4. The minimum Gasteiger partial charge on any atom is -0.363 e. The van der Waals surface area contributed by atoms with Crippen molar-refractivity contribution in [3.8, 4) is 0 Å². The van der Waals surface area contributed by atoms with Crippen molar-refractivity contribution >= 4 is 18.3 Å². The highest BCUT2D eigenvalue weighted by atomic mass is 35.5. The average Bonchev–Trinajstić information content (AvgIpc) is 2.50. The maximum atomic E-state index is 12.4. The van der Waals surface area contributed by atoms with Crippen molar-refractivity contribution in [3.63, 3.8) is 0 Å². The van der Waals surface area contributed by atoms with Gasteiger partial charge >= 0.3 is 0 Å². The van der Waals surface area contributed by atoms with Gasteiger partial charge in [0.15, 0.2) is 6.10 Å². The highest BCUT2D eigenvalue weighted by Gasteiger charge is 2.28. The van der Waals surface area contributed by atoms with Gasteiger partial charge in [0.25, 0.3) is 5.91 Å². The molecule has 0 bridgehead atoms. The average molecular weight is 313 g/mol. The van der Waals surface area contributed by atoms with E-state index in [4.69, 9.17) is 10.5 Å². The number of halogens is 1. The Balaban J connectivity index is 0.00000220. The third-order valence-electron chi connectivity index (χ3n) is 3.77. The Labute approximate surface area is 132 Å². The summed E-state index contributed by atoms with van der Waals surface area (Å²) < 4.78 is 5.66. The number of unbranched alkanes of at least 4 members (excludes halogenated alkanes) is 1. The van der Waals surface area contributed by atoms with Crippen LogP contribution in [0.15, 0.2) is 24.3 Å². The van der Waals surface area contributed by atoms with E-state index in [-0.39, 0.29) is 24.4 Å². The Morgan fingerprint density at radius 3 is 2.95 bits per heavy atom. The number of benzene rings is 1. The minimum atomic E-state index is -0.490. The third-order valence-corrected chi connectivity index (χ3v) is 3.77. The third kappa shape index (κ3) is 4.70. The van der Waals surface area contributed by atoms with Crippen LogP contribution >= 0.6 is 12.4 Å². The lowest BCUT2D eigenvalue weighted by Gasteiger charge is -2.27. The van der Waals surface area contributed by atoms with Crippen LogP contribution in [0, 0.1) is 0 Å². The molecule has 1 aromatic carbocycles. The van der Waals surface area contributed by atoms with Gasteiger partial charge in [-0.3, -0.25) is 4.79 Å². The van der Waals surface area contributed by atoms with E-state index in [0.29, 0.717) is 13.2 Å². The van der Waals surface area contributed by atoms with E-state index in [1.165, 1.54) is 5.56 Å². The first-order valence-corrected chi connectivity index (χ1v) is 7.46. The molecule has 0 saturated heterocycles. The van der Waals surface area contributed by atoms with Crippen LogP contribution in [0.4, 0.5) is 0 Å². The standard InChI is InChI=1S/C16H24N2O2.ClH/c1-2-3-7-13(11-17)18-16(19)15-14-8-5-4-6-12(14)9-10-20-15;/h4-6,8,13,15H,2-3,7,9-11,17H2,1H3,(H,18,19);1H. The van der Waals surface area contributed by atoms with E-state index in [2.05, 4.69) is 18.3 Å². The first kappa shape index (κ1) is 18.0. The van der Waals surface area contributed by atoms with E-state index < -0.39 is 6.10 Å². The second-order valence-electron chi connectivity index (χ2n) is 5.28. The molecule has 1 amide bonds. The second-order valence-corrected chi connectivity index (χ2v) is 5.28. The van der Waals surface area contributed by atoms with Crippen LogP contribution in [0.3, 0.4) is 0 Å². The summed E-state index contributed by atoms with van der Waals surface area (Å²) in [5.41, 5.74) is 7.92. The molecule has 5 heteroatoms. The summed E-state index contributed by atoms with van der Waals surface area (Å²) in [6, 6.07) is 8.03. The summed E-state index contributed by atoms with van der Waals surface area (Å²) >= 11 is 0. The molecule has 1 aromatic rings. The Hall–Kier alpha value is -1.10. The molecule has 1 aliphatic rings. The molecule has 2 atom stereocenters. The molecule has 2 unspecified atom stereocenters. The van der Waals surface area contributed by atoms with E-state index in [9.17, 15) is 4.79 Å². The Morgan fingerprint density at radius 2 is 2.24 bits per heavy atom. The lowest BCUT2D eigenvalue weighted by molar-refractivity contribution is -0.134. The van der Waals surface area contributed by atoms with Crippen LogP contribution in [0.1, 0.15) is 43.4 Å². The fraction of sp³-hybridized carbons (Fsp3) is 0.562. The summed E-state index contributed by atoms with van der Waals surface area (Å²) in [4.78, 5) is 12.4. The van der Waals surface area contributed by atoms with Crippen LogP contribution in [0.25, 0.3) is 0 Å². The van der Waals surface area contributed by atoms with E-state index in [1.807, 2.05) is 18.2 Å². The maximum absolute atomic E-state index is 12.4. The van der Waals surface area contributed by atoms with Crippen molar-refractivity contribution in [2.45, 2.75) is 44.8 Å². The van der Waals surface area contributed by atoms with Crippen LogP contribution in [0.2, 0.25) is 0 Å². The molecule has 0 spiro atoms. The number of nitrogens with two attached hydrogens (primary N) is 1. The number of fused-ring (bicyclic) bond motifs is 1. The maximum Gasteiger partial charge on any atom is 0.254 e. The van der Waals surface area contributed by atoms with Gasteiger partial charge in [0.2, 0.25) is 0 Å². The SMILES string of the molecule is CCCCC(CN)NC(=O)C1OCCc2ccccc21.Cl. The number of amides is 1. The van der Waals surface area contributed by atoms with Gasteiger partial charge in [0, 0.05) is 12.6 Å². The van der Waals surface area contributed by atoms with Crippen molar-refractivity contribution in [3.05, 3.63) is 35.4 Å². The summed E-state index contributed by atoms with van der Waals surface area (Å²) in [6.45, 7) is 3.20. The number of rotatable bonds is 6. The fourth-order valence-corrected chi connectivity index (χ4v) is 2.59. The Morgan fingerprint density at radius 1 is 1.48 bits per heavy atom. The largest absolute Gasteiger partial charge is 0.363 e.